The minimum Gasteiger partial charge on any atom is -0.351 e. The van der Waals surface area contributed by atoms with Gasteiger partial charge in [0, 0.05) is 31.3 Å². The zero-order chi connectivity index (χ0) is 19.1. The van der Waals surface area contributed by atoms with Crippen molar-refractivity contribution in [3.63, 3.8) is 0 Å². The molecule has 0 aliphatic carbocycles. The first-order valence-electron chi connectivity index (χ1n) is 8.74. The van der Waals surface area contributed by atoms with E-state index in [1.165, 1.54) is 4.68 Å². The van der Waals surface area contributed by atoms with E-state index >= 15 is 0 Å². The first kappa shape index (κ1) is 18.7. The molecule has 9 nitrogen and oxygen atoms in total. The first-order chi connectivity index (χ1) is 13.2. The Hall–Kier alpha value is -3.04. The smallest absolute Gasteiger partial charge is 0.277 e. The van der Waals surface area contributed by atoms with E-state index < -0.39 is 6.29 Å². The molecular weight excluding hydrogens is 348 g/mol. The normalized spacial score (nSPS) is 11.1. The van der Waals surface area contributed by atoms with Crippen molar-refractivity contribution >= 4 is 11.6 Å². The number of anilines is 1. The van der Waals surface area contributed by atoms with Crippen molar-refractivity contribution in [2.45, 2.75) is 26.7 Å². The van der Waals surface area contributed by atoms with Crippen molar-refractivity contribution in [3.05, 3.63) is 54.6 Å². The highest BCUT2D eigenvalue weighted by Crippen LogP contribution is 2.14. The zero-order valence-electron chi connectivity index (χ0n) is 15.3. The standard InChI is InChI=1S/C18H22N6O3/c1-3-26-17(27-4-2)13-23-12-16(21-22-23)18(25)20-14-7-5-8-15(11-14)24-10-6-9-19-24/h5-12,17H,3-4,13H2,1-2H3,(H,20,25). The molecule has 3 aromatic rings. The Morgan fingerprint density at radius 3 is 2.74 bits per heavy atom. The van der Waals surface area contributed by atoms with Crippen molar-refractivity contribution in [2.75, 3.05) is 18.5 Å². The van der Waals surface area contributed by atoms with E-state index in [0.29, 0.717) is 25.4 Å². The second-order valence-corrected chi connectivity index (χ2v) is 5.62. The van der Waals surface area contributed by atoms with Crippen molar-refractivity contribution in [2.24, 2.45) is 0 Å². The molecule has 2 heterocycles. The Balaban J connectivity index is 1.65. The molecule has 0 unspecified atom stereocenters. The van der Waals surface area contributed by atoms with Gasteiger partial charge in [0.2, 0.25) is 0 Å². The van der Waals surface area contributed by atoms with Crippen molar-refractivity contribution < 1.29 is 14.3 Å². The Labute approximate surface area is 156 Å². The number of ether oxygens (including phenoxy) is 2. The number of hydrogen-bond donors (Lipinski definition) is 1. The lowest BCUT2D eigenvalue weighted by Crippen LogP contribution is -2.24. The largest absolute Gasteiger partial charge is 0.351 e. The molecular formula is C18H22N6O3. The molecule has 0 aliphatic heterocycles. The highest BCUT2D eigenvalue weighted by Gasteiger charge is 2.15. The molecule has 0 saturated heterocycles. The molecule has 27 heavy (non-hydrogen) atoms. The number of amides is 1. The molecule has 142 valence electrons. The van der Waals surface area contributed by atoms with Gasteiger partial charge >= 0.3 is 0 Å². The van der Waals surface area contributed by atoms with Crippen molar-refractivity contribution in [1.29, 1.82) is 0 Å². The van der Waals surface area contributed by atoms with Crippen molar-refractivity contribution in [3.8, 4) is 5.69 Å². The average Bonchev–Trinajstić information content (AvgIpc) is 3.34. The summed E-state index contributed by atoms with van der Waals surface area (Å²) in [4.78, 5) is 12.5. The third kappa shape index (κ3) is 4.99. The van der Waals surface area contributed by atoms with Gasteiger partial charge in [-0.3, -0.25) is 4.79 Å². The minimum atomic E-state index is -0.427. The number of carbonyl (C=O) groups is 1. The number of nitrogens with zero attached hydrogens (tertiary/aromatic N) is 5. The van der Waals surface area contributed by atoms with Crippen molar-refractivity contribution in [1.82, 2.24) is 24.8 Å². The number of rotatable bonds is 9. The summed E-state index contributed by atoms with van der Waals surface area (Å²) < 4.78 is 14.2. The number of benzene rings is 1. The van der Waals surface area contributed by atoms with Crippen LogP contribution in [0, 0.1) is 0 Å². The van der Waals surface area contributed by atoms with Gasteiger partial charge in [0.1, 0.15) is 0 Å². The summed E-state index contributed by atoms with van der Waals surface area (Å²) in [5, 5.41) is 14.9. The fourth-order valence-electron chi connectivity index (χ4n) is 2.51. The number of hydrogen-bond acceptors (Lipinski definition) is 6. The van der Waals surface area contributed by atoms with Crippen LogP contribution in [0.15, 0.2) is 48.9 Å². The molecule has 0 spiro atoms. The van der Waals surface area contributed by atoms with Gasteiger partial charge in [0.15, 0.2) is 12.0 Å². The van der Waals surface area contributed by atoms with Gasteiger partial charge in [-0.1, -0.05) is 11.3 Å². The third-order valence-corrected chi connectivity index (χ3v) is 3.69. The number of carbonyl (C=O) groups excluding carboxylic acids is 1. The third-order valence-electron chi connectivity index (χ3n) is 3.69. The van der Waals surface area contributed by atoms with Crippen LogP contribution in [-0.4, -0.2) is 50.2 Å². The molecule has 0 saturated carbocycles. The predicted octanol–water partition coefficient (Wildman–Crippen LogP) is 2.12. The predicted molar refractivity (Wildman–Crippen MR) is 98.6 cm³/mol. The molecule has 0 radical (unpaired) electrons. The van der Waals surface area contributed by atoms with E-state index in [4.69, 9.17) is 9.47 Å². The van der Waals surface area contributed by atoms with E-state index in [2.05, 4.69) is 20.7 Å². The maximum absolute atomic E-state index is 12.5. The van der Waals surface area contributed by atoms with E-state index in [9.17, 15) is 4.79 Å². The summed E-state index contributed by atoms with van der Waals surface area (Å²) in [7, 11) is 0. The summed E-state index contributed by atoms with van der Waals surface area (Å²) in [5.41, 5.74) is 1.70. The van der Waals surface area contributed by atoms with Crippen LogP contribution >= 0.6 is 0 Å². The maximum atomic E-state index is 12.5. The van der Waals surface area contributed by atoms with Gasteiger partial charge in [-0.05, 0) is 38.1 Å². The summed E-state index contributed by atoms with van der Waals surface area (Å²) in [5.74, 6) is -0.344. The monoisotopic (exact) mass is 370 g/mol. The molecule has 0 aliphatic rings. The van der Waals surface area contributed by atoms with Gasteiger partial charge in [0.25, 0.3) is 5.91 Å². The topological polar surface area (TPSA) is 96.1 Å². The van der Waals surface area contributed by atoms with Gasteiger partial charge in [-0.2, -0.15) is 5.10 Å². The van der Waals surface area contributed by atoms with E-state index in [0.717, 1.165) is 5.69 Å². The Morgan fingerprint density at radius 2 is 2.04 bits per heavy atom. The highest BCUT2D eigenvalue weighted by molar-refractivity contribution is 6.02. The quantitative estimate of drug-likeness (QED) is 0.580. The maximum Gasteiger partial charge on any atom is 0.277 e. The molecule has 0 bridgehead atoms. The van der Waals surface area contributed by atoms with Crippen LogP contribution in [0.3, 0.4) is 0 Å². The molecule has 9 heteroatoms. The highest BCUT2D eigenvalue weighted by atomic mass is 16.7. The van der Waals surface area contributed by atoms with Gasteiger partial charge in [0.05, 0.1) is 18.4 Å². The summed E-state index contributed by atoms with van der Waals surface area (Å²) in [6.07, 6.45) is 4.67. The number of nitrogens with one attached hydrogen (secondary N) is 1. The van der Waals surface area contributed by atoms with Crippen LogP contribution in [0.5, 0.6) is 0 Å². The van der Waals surface area contributed by atoms with Crippen LogP contribution in [0.25, 0.3) is 5.69 Å². The summed E-state index contributed by atoms with van der Waals surface area (Å²) in [6.45, 7) is 5.20. The second kappa shape index (κ2) is 9.06. The van der Waals surface area contributed by atoms with Gasteiger partial charge < -0.3 is 14.8 Å². The average molecular weight is 370 g/mol. The Kier molecular flexibility index (Phi) is 6.29. The first-order valence-corrected chi connectivity index (χ1v) is 8.74. The molecule has 1 N–H and O–H groups in total. The lowest BCUT2D eigenvalue weighted by Gasteiger charge is -2.16. The van der Waals surface area contributed by atoms with Crippen LogP contribution in [0.1, 0.15) is 24.3 Å². The molecule has 0 atom stereocenters. The fourth-order valence-corrected chi connectivity index (χ4v) is 2.51. The molecule has 3 rings (SSSR count). The molecule has 1 aromatic carbocycles. The second-order valence-electron chi connectivity index (χ2n) is 5.62. The number of aromatic nitrogens is 5. The van der Waals surface area contributed by atoms with Crippen LogP contribution in [-0.2, 0) is 16.0 Å². The lowest BCUT2D eigenvalue weighted by molar-refractivity contribution is -0.145. The molecule has 0 fully saturated rings. The van der Waals surface area contributed by atoms with Crippen LogP contribution in [0.4, 0.5) is 5.69 Å². The van der Waals surface area contributed by atoms with Crippen LogP contribution in [0.2, 0.25) is 0 Å². The SMILES string of the molecule is CCOC(Cn1cc(C(=O)Nc2cccc(-n3cccn3)c2)nn1)OCC. The van der Waals surface area contributed by atoms with Gasteiger partial charge in [-0.15, -0.1) is 5.10 Å². The summed E-state index contributed by atoms with van der Waals surface area (Å²) in [6, 6.07) is 9.21. The zero-order valence-corrected chi connectivity index (χ0v) is 15.3. The van der Waals surface area contributed by atoms with Crippen LogP contribution < -0.4 is 5.32 Å². The molecule has 1 amide bonds. The van der Waals surface area contributed by atoms with Gasteiger partial charge in [-0.25, -0.2) is 9.36 Å². The summed E-state index contributed by atoms with van der Waals surface area (Å²) >= 11 is 0. The Morgan fingerprint density at radius 1 is 1.22 bits per heavy atom. The Bertz CT molecular complexity index is 856. The minimum absolute atomic E-state index is 0.214. The lowest BCUT2D eigenvalue weighted by atomic mass is 10.2. The molecule has 2 aromatic heterocycles. The fraction of sp³-hybridized carbons (Fsp3) is 0.333. The van der Waals surface area contributed by atoms with E-state index in [1.807, 2.05) is 44.3 Å². The van der Waals surface area contributed by atoms with E-state index in [1.54, 1.807) is 23.1 Å². The van der Waals surface area contributed by atoms with E-state index in [-0.39, 0.29) is 11.6 Å².